The molecule has 5 rings (SSSR count). The molecule has 1 aliphatic rings. The third-order valence-electron chi connectivity index (χ3n) is 7.15. The van der Waals surface area contributed by atoms with Crippen molar-refractivity contribution >= 4 is 32.6 Å². The van der Waals surface area contributed by atoms with Crippen LogP contribution in [0.15, 0.2) is 59.9 Å². The van der Waals surface area contributed by atoms with Crippen LogP contribution in [0.2, 0.25) is 0 Å². The van der Waals surface area contributed by atoms with Crippen LogP contribution < -0.4 is 10.1 Å². The largest absolute Gasteiger partial charge is 0.474 e. The summed E-state index contributed by atoms with van der Waals surface area (Å²) < 4.78 is 31.5. The first-order valence-electron chi connectivity index (χ1n) is 13.5. The van der Waals surface area contributed by atoms with Crippen molar-refractivity contribution in [3.8, 4) is 11.6 Å². The third kappa shape index (κ3) is 5.91. The molecule has 40 heavy (non-hydrogen) atoms. The van der Waals surface area contributed by atoms with Gasteiger partial charge >= 0.3 is 0 Å². The molecule has 3 aromatic heterocycles. The van der Waals surface area contributed by atoms with E-state index in [1.807, 2.05) is 17.0 Å². The number of carbonyl (C=O) groups excluding carboxylic acids is 1. The molecule has 12 heteroatoms. The highest BCUT2D eigenvalue weighted by molar-refractivity contribution is 7.90. The average Bonchev–Trinajstić information content (AvgIpc) is 3.41. The predicted octanol–water partition coefficient (Wildman–Crippen LogP) is 3.90. The summed E-state index contributed by atoms with van der Waals surface area (Å²) in [5.41, 5.74) is 1.66. The van der Waals surface area contributed by atoms with Gasteiger partial charge in [-0.3, -0.25) is 4.79 Å². The molecule has 0 unspecified atom stereocenters. The Hall–Kier alpha value is -4.06. The van der Waals surface area contributed by atoms with Crippen LogP contribution in [-0.2, 0) is 9.84 Å². The molecule has 0 aliphatic carbocycles. The summed E-state index contributed by atoms with van der Waals surface area (Å²) in [6.45, 7) is 5.36. The smallest absolute Gasteiger partial charge is 0.272 e. The van der Waals surface area contributed by atoms with Gasteiger partial charge in [-0.25, -0.2) is 28.1 Å². The summed E-state index contributed by atoms with van der Waals surface area (Å²) >= 11 is 0. The number of rotatable bonds is 9. The van der Waals surface area contributed by atoms with E-state index in [1.54, 1.807) is 41.2 Å². The molecule has 0 radical (unpaired) electrons. The Morgan fingerprint density at radius 1 is 1.07 bits per heavy atom. The van der Waals surface area contributed by atoms with Crippen LogP contribution in [0.3, 0.4) is 0 Å². The van der Waals surface area contributed by atoms with Crippen LogP contribution >= 0.6 is 0 Å². The van der Waals surface area contributed by atoms with Gasteiger partial charge in [0.1, 0.15) is 29.3 Å². The first-order valence-corrected chi connectivity index (χ1v) is 15.3. The monoisotopic (exact) mass is 563 g/mol. The van der Waals surface area contributed by atoms with Gasteiger partial charge in [-0.1, -0.05) is 19.9 Å². The molecule has 1 saturated heterocycles. The lowest BCUT2D eigenvalue weighted by Crippen LogP contribution is -2.42. The van der Waals surface area contributed by atoms with Gasteiger partial charge < -0.3 is 15.0 Å². The maximum absolute atomic E-state index is 13.2. The van der Waals surface area contributed by atoms with Crippen molar-refractivity contribution in [2.24, 2.45) is 0 Å². The number of likely N-dealkylation sites (tertiary alicyclic amines) is 1. The number of carbonyl (C=O) groups is 1. The van der Waals surface area contributed by atoms with Gasteiger partial charge in [-0.2, -0.15) is 5.10 Å². The van der Waals surface area contributed by atoms with E-state index in [-0.39, 0.29) is 16.9 Å². The van der Waals surface area contributed by atoms with E-state index in [4.69, 9.17) is 4.74 Å². The minimum Gasteiger partial charge on any atom is -0.474 e. The van der Waals surface area contributed by atoms with Crippen molar-refractivity contribution < 1.29 is 17.9 Å². The van der Waals surface area contributed by atoms with Gasteiger partial charge in [0, 0.05) is 38.2 Å². The number of anilines is 1. The Balaban J connectivity index is 1.24. The molecule has 0 atom stereocenters. The van der Waals surface area contributed by atoms with E-state index in [1.165, 1.54) is 12.6 Å². The van der Waals surface area contributed by atoms with E-state index in [0.717, 1.165) is 18.7 Å². The molecule has 0 bridgehead atoms. The second-order valence-electron chi connectivity index (χ2n) is 9.91. The van der Waals surface area contributed by atoms with Crippen molar-refractivity contribution in [1.82, 2.24) is 29.6 Å². The maximum atomic E-state index is 13.2. The summed E-state index contributed by atoms with van der Waals surface area (Å²) in [6, 6.07) is 12.3. The van der Waals surface area contributed by atoms with E-state index in [0.29, 0.717) is 60.3 Å². The molecule has 1 aromatic carbocycles. The SMILES string of the molecule is CCC(CC)Nc1cccc(C(=O)N2CCC(Oc3ncnc4c3cnn4-c3ccc(S(C)(=O)=O)cc3)CC2)n1. The molecule has 1 amide bonds. The minimum atomic E-state index is -3.29. The number of fused-ring (bicyclic) bond motifs is 1. The zero-order valence-corrected chi connectivity index (χ0v) is 23.6. The lowest BCUT2D eigenvalue weighted by atomic mass is 10.1. The summed E-state index contributed by atoms with van der Waals surface area (Å²) in [6.07, 6.45) is 7.41. The molecular formula is C28H33N7O4S. The molecule has 1 fully saturated rings. The molecule has 1 aliphatic heterocycles. The second-order valence-corrected chi connectivity index (χ2v) is 11.9. The number of hydrogen-bond donors (Lipinski definition) is 1. The summed E-state index contributed by atoms with van der Waals surface area (Å²) in [7, 11) is -3.29. The van der Waals surface area contributed by atoms with E-state index in [9.17, 15) is 13.2 Å². The lowest BCUT2D eigenvalue weighted by Gasteiger charge is -2.31. The van der Waals surface area contributed by atoms with Gasteiger partial charge in [0.2, 0.25) is 5.88 Å². The van der Waals surface area contributed by atoms with Crippen LogP contribution in [0.4, 0.5) is 5.82 Å². The maximum Gasteiger partial charge on any atom is 0.272 e. The minimum absolute atomic E-state index is 0.0840. The third-order valence-corrected chi connectivity index (χ3v) is 8.28. The number of ether oxygens (including phenoxy) is 1. The number of nitrogens with zero attached hydrogens (tertiary/aromatic N) is 6. The number of aromatic nitrogens is 5. The van der Waals surface area contributed by atoms with Gasteiger partial charge in [0.05, 0.1) is 16.8 Å². The van der Waals surface area contributed by atoms with Crippen LogP contribution in [-0.4, -0.2) is 75.4 Å². The molecule has 210 valence electrons. The number of hydrogen-bond acceptors (Lipinski definition) is 9. The number of benzene rings is 1. The normalized spacial score (nSPS) is 14.6. The number of amides is 1. The van der Waals surface area contributed by atoms with E-state index >= 15 is 0 Å². The number of pyridine rings is 1. The fourth-order valence-corrected chi connectivity index (χ4v) is 5.40. The van der Waals surface area contributed by atoms with Gasteiger partial charge in [-0.05, 0) is 49.2 Å². The van der Waals surface area contributed by atoms with Crippen molar-refractivity contribution in [1.29, 1.82) is 0 Å². The van der Waals surface area contributed by atoms with Gasteiger partial charge in [0.15, 0.2) is 15.5 Å². The molecule has 0 spiro atoms. The van der Waals surface area contributed by atoms with E-state index < -0.39 is 9.84 Å². The molecular weight excluding hydrogens is 530 g/mol. The molecule has 4 heterocycles. The summed E-state index contributed by atoms with van der Waals surface area (Å²) in [4.78, 5) is 28.5. The van der Waals surface area contributed by atoms with Crippen molar-refractivity contribution in [3.63, 3.8) is 0 Å². The topological polar surface area (TPSA) is 132 Å². The first-order chi connectivity index (χ1) is 19.3. The Morgan fingerprint density at radius 3 is 2.48 bits per heavy atom. The highest BCUT2D eigenvalue weighted by Gasteiger charge is 2.27. The summed E-state index contributed by atoms with van der Waals surface area (Å²) in [5, 5.41) is 8.49. The van der Waals surface area contributed by atoms with Crippen LogP contribution in [0, 0.1) is 0 Å². The molecule has 4 aromatic rings. The lowest BCUT2D eigenvalue weighted by molar-refractivity contribution is 0.0585. The fraction of sp³-hybridized carbons (Fsp3) is 0.393. The average molecular weight is 564 g/mol. The number of sulfone groups is 1. The Labute approximate surface area is 233 Å². The highest BCUT2D eigenvalue weighted by atomic mass is 32.2. The fourth-order valence-electron chi connectivity index (χ4n) is 4.77. The van der Waals surface area contributed by atoms with Crippen LogP contribution in [0.1, 0.15) is 50.0 Å². The quantitative estimate of drug-likeness (QED) is 0.322. The number of nitrogens with one attached hydrogen (secondary N) is 1. The van der Waals surface area contributed by atoms with Gasteiger partial charge in [0.25, 0.3) is 5.91 Å². The molecule has 1 N–H and O–H groups in total. The van der Waals surface area contributed by atoms with Crippen molar-refractivity contribution in [3.05, 3.63) is 60.7 Å². The summed E-state index contributed by atoms with van der Waals surface area (Å²) in [5.74, 6) is 1.06. The van der Waals surface area contributed by atoms with Gasteiger partial charge in [-0.15, -0.1) is 0 Å². The second kappa shape index (κ2) is 11.6. The molecule has 0 saturated carbocycles. The number of piperidine rings is 1. The Morgan fingerprint density at radius 2 is 1.80 bits per heavy atom. The zero-order valence-electron chi connectivity index (χ0n) is 22.8. The van der Waals surface area contributed by atoms with E-state index in [2.05, 4.69) is 39.2 Å². The Bertz CT molecular complexity index is 1590. The highest BCUT2D eigenvalue weighted by Crippen LogP contribution is 2.27. The van der Waals surface area contributed by atoms with Crippen molar-refractivity contribution in [2.45, 2.75) is 56.6 Å². The van der Waals surface area contributed by atoms with Crippen LogP contribution in [0.5, 0.6) is 5.88 Å². The van der Waals surface area contributed by atoms with Crippen LogP contribution in [0.25, 0.3) is 16.7 Å². The standard InChI is InChI=1S/C28H33N7O4S/c1-4-19(5-2)32-25-8-6-7-24(33-25)28(36)34-15-13-21(14-16-34)39-27-23-17-31-35(26(23)29-18-30-27)20-9-11-22(12-10-20)40(3,37)38/h6-12,17-19,21H,4-5,13-16H2,1-3H3,(H,32,33). The van der Waals surface area contributed by atoms with Crippen molar-refractivity contribution in [2.75, 3.05) is 24.7 Å². The zero-order chi connectivity index (χ0) is 28.3. The molecule has 11 nitrogen and oxygen atoms in total. The predicted molar refractivity (Wildman–Crippen MR) is 152 cm³/mol. The first kappa shape index (κ1) is 27.5. The Kier molecular flexibility index (Phi) is 7.97.